The topological polar surface area (TPSA) is 221 Å². The molecule has 0 bridgehead atoms. The molecule has 66 heavy (non-hydrogen) atoms. The molecule has 8 rings (SSSR count). The van der Waals surface area contributed by atoms with Crippen molar-refractivity contribution in [3.05, 3.63) is 83.7 Å². The molecule has 4 aliphatic heterocycles. The van der Waals surface area contributed by atoms with Gasteiger partial charge in [-0.3, -0.25) is 9.59 Å². The van der Waals surface area contributed by atoms with Crippen LogP contribution in [-0.2, 0) is 28.5 Å². The second-order valence-corrected chi connectivity index (χ2v) is 17.6. The third kappa shape index (κ3) is 10.0. The molecule has 4 unspecified atom stereocenters. The molecule has 0 saturated carbocycles. The van der Waals surface area contributed by atoms with E-state index in [1.165, 1.54) is 19.3 Å². The maximum absolute atomic E-state index is 15.1. The molecule has 6 N–H and O–H groups in total. The molecule has 4 aromatic rings. The minimum atomic E-state index is -3.22. The van der Waals surface area contributed by atoms with Gasteiger partial charge in [0.25, 0.3) is 23.7 Å². The molecule has 6 atom stereocenters. The summed E-state index contributed by atoms with van der Waals surface area (Å²) in [5.74, 6) is -2.37. The van der Waals surface area contributed by atoms with Crippen LogP contribution in [0.2, 0.25) is 0 Å². The van der Waals surface area contributed by atoms with E-state index in [-0.39, 0.29) is 17.8 Å². The van der Waals surface area contributed by atoms with Gasteiger partial charge in [0.2, 0.25) is 0 Å². The average molecular weight is 919 g/mol. The molecule has 2 aromatic heterocycles. The largest absolute Gasteiger partial charge is 0.436 e. The van der Waals surface area contributed by atoms with Gasteiger partial charge in [-0.2, -0.15) is 0 Å². The minimum absolute atomic E-state index is 0.152. The molecule has 20 heteroatoms. The number of hydrogen-bond acceptors (Lipinski definition) is 10. The smallest absolute Gasteiger partial charge is 0.405 e. The molecular formula is C46H50F4N8O8. The highest BCUT2D eigenvalue weighted by molar-refractivity contribution is 5.88. The third-order valence-corrected chi connectivity index (χ3v) is 12.8. The zero-order valence-electron chi connectivity index (χ0n) is 36.2. The van der Waals surface area contributed by atoms with Gasteiger partial charge in [0, 0.05) is 55.6 Å². The van der Waals surface area contributed by atoms with Crippen molar-refractivity contribution in [1.82, 2.24) is 29.7 Å². The van der Waals surface area contributed by atoms with Crippen molar-refractivity contribution in [3.63, 3.8) is 0 Å². The van der Waals surface area contributed by atoms with E-state index in [1.54, 1.807) is 48.5 Å². The summed E-state index contributed by atoms with van der Waals surface area (Å²) in [6.07, 6.45) is -0.709. The lowest BCUT2D eigenvalue weighted by atomic mass is 9.80. The normalized spacial score (nSPS) is 24.2. The SMILES string of the molecule is CC1CC([C@@](C)(OC(N)=O)C(=O)N2CC(F)(F)CC2c2ncc(-c3ccc(C#Cc4ccc(-c5cnc(C6CC(F)(F)CN6C(=O)[C@H](OC(N)=O)C6CCOCC6)[nH]5)cc4)cc3)[nH]2)CCO1. The first-order valence-corrected chi connectivity index (χ1v) is 21.7. The van der Waals surface area contributed by atoms with Crippen LogP contribution in [-0.4, -0.2) is 116 Å². The minimum Gasteiger partial charge on any atom is -0.436 e. The number of rotatable bonds is 10. The lowest BCUT2D eigenvalue weighted by Gasteiger charge is -2.41. The van der Waals surface area contributed by atoms with Crippen molar-refractivity contribution in [2.45, 2.75) is 94.1 Å². The molecule has 0 spiro atoms. The van der Waals surface area contributed by atoms with Crippen molar-refractivity contribution in [2.75, 3.05) is 32.9 Å². The number of halogens is 4. The summed E-state index contributed by atoms with van der Waals surface area (Å²) in [6.45, 7) is 2.48. The van der Waals surface area contributed by atoms with Gasteiger partial charge in [-0.1, -0.05) is 36.1 Å². The van der Waals surface area contributed by atoms with Crippen LogP contribution < -0.4 is 11.5 Å². The Morgan fingerprint density at radius 1 is 0.788 bits per heavy atom. The Bertz CT molecular complexity index is 2500. The highest BCUT2D eigenvalue weighted by Crippen LogP contribution is 2.45. The van der Waals surface area contributed by atoms with Gasteiger partial charge >= 0.3 is 12.2 Å². The predicted octanol–water partition coefficient (Wildman–Crippen LogP) is 6.24. The van der Waals surface area contributed by atoms with Gasteiger partial charge in [0.15, 0.2) is 11.7 Å². The summed E-state index contributed by atoms with van der Waals surface area (Å²) < 4.78 is 81.5. The van der Waals surface area contributed by atoms with Crippen molar-refractivity contribution in [2.24, 2.45) is 23.3 Å². The van der Waals surface area contributed by atoms with E-state index in [1.807, 2.05) is 6.92 Å². The number of amides is 4. The van der Waals surface area contributed by atoms with E-state index in [2.05, 4.69) is 31.8 Å². The molecule has 2 aromatic carbocycles. The number of primary amides is 2. The predicted molar refractivity (Wildman–Crippen MR) is 227 cm³/mol. The number of benzene rings is 2. The summed E-state index contributed by atoms with van der Waals surface area (Å²) in [6, 6.07) is 12.1. The first-order chi connectivity index (χ1) is 31.4. The maximum atomic E-state index is 15.1. The lowest BCUT2D eigenvalue weighted by molar-refractivity contribution is -0.163. The number of imidazole rings is 2. The fraction of sp³-hybridized carbons (Fsp3) is 0.478. The summed E-state index contributed by atoms with van der Waals surface area (Å²) in [5, 5.41) is 0. The quantitative estimate of drug-likeness (QED) is 0.104. The summed E-state index contributed by atoms with van der Waals surface area (Å²) in [7, 11) is 0. The molecule has 350 valence electrons. The van der Waals surface area contributed by atoms with Crippen molar-refractivity contribution in [1.29, 1.82) is 0 Å². The van der Waals surface area contributed by atoms with Gasteiger partial charge in [-0.15, -0.1) is 0 Å². The van der Waals surface area contributed by atoms with Gasteiger partial charge in [0.1, 0.15) is 11.6 Å². The highest BCUT2D eigenvalue weighted by atomic mass is 19.3. The number of aromatic amines is 2. The number of aromatic nitrogens is 4. The molecule has 16 nitrogen and oxygen atoms in total. The second-order valence-electron chi connectivity index (χ2n) is 17.6. The van der Waals surface area contributed by atoms with E-state index in [0.717, 1.165) is 9.80 Å². The number of nitrogens with two attached hydrogens (primary N) is 2. The Morgan fingerprint density at radius 2 is 1.30 bits per heavy atom. The Balaban J connectivity index is 0.927. The fourth-order valence-electron chi connectivity index (χ4n) is 9.43. The Morgan fingerprint density at radius 3 is 1.80 bits per heavy atom. The number of ether oxygens (including phenoxy) is 4. The number of carbonyl (C=O) groups is 4. The fourth-order valence-corrected chi connectivity index (χ4v) is 9.43. The van der Waals surface area contributed by atoms with E-state index >= 15 is 8.78 Å². The van der Waals surface area contributed by atoms with Crippen LogP contribution in [0.5, 0.6) is 0 Å². The van der Waals surface area contributed by atoms with Crippen molar-refractivity contribution >= 4 is 24.0 Å². The highest BCUT2D eigenvalue weighted by Gasteiger charge is 2.56. The molecular weight excluding hydrogens is 869 g/mol. The monoisotopic (exact) mass is 918 g/mol. The number of hydrogen-bond donors (Lipinski definition) is 4. The van der Waals surface area contributed by atoms with Crippen molar-refractivity contribution in [3.8, 4) is 34.4 Å². The van der Waals surface area contributed by atoms with Crippen LogP contribution in [0.25, 0.3) is 22.5 Å². The number of alkyl halides is 4. The molecule has 4 amide bonds. The molecule has 0 aliphatic carbocycles. The summed E-state index contributed by atoms with van der Waals surface area (Å²) in [5.41, 5.74) is 12.7. The standard InChI is InChI=1S/C46H50F4N8O8/c1-26-19-32(15-18-64-26)44(2,66-43(52)62)41(60)58-25-46(49,50)21-36(58)39-54-23-34(56-39)30-11-7-28(8-12-30)4-3-27-5-9-29(10-6-27)33-22-53-38(55-33)35-20-45(47,48)24-57(35)40(59)37(65-42(51)61)31-13-16-63-17-14-31/h5-12,22-23,26,31-32,35-37H,13-21,24-25H2,1-2H3,(H2,51,61)(H2,52,62)(H,53,55)(H,54,56)/t26?,32?,35?,36?,37-,44-/m1/s1. The molecule has 4 fully saturated rings. The summed E-state index contributed by atoms with van der Waals surface area (Å²) >= 11 is 0. The van der Waals surface area contributed by atoms with Crippen LogP contribution in [0, 0.1) is 23.7 Å². The van der Waals surface area contributed by atoms with Crippen LogP contribution in [0.4, 0.5) is 27.2 Å². The number of H-pyrrole nitrogens is 2. The molecule has 4 aliphatic rings. The molecule has 6 heterocycles. The number of nitrogens with zero attached hydrogens (tertiary/aromatic N) is 4. The zero-order valence-corrected chi connectivity index (χ0v) is 36.2. The maximum Gasteiger partial charge on any atom is 0.405 e. The van der Waals surface area contributed by atoms with Crippen LogP contribution in [0.15, 0.2) is 60.9 Å². The van der Waals surface area contributed by atoms with E-state index in [0.29, 0.717) is 79.1 Å². The Kier molecular flexibility index (Phi) is 12.9. The lowest BCUT2D eigenvalue weighted by Crippen LogP contribution is -2.56. The van der Waals surface area contributed by atoms with Crippen LogP contribution in [0.3, 0.4) is 0 Å². The van der Waals surface area contributed by atoms with E-state index in [9.17, 15) is 28.0 Å². The molecule has 4 saturated heterocycles. The van der Waals surface area contributed by atoms with Gasteiger partial charge in [0.05, 0.1) is 55.1 Å². The van der Waals surface area contributed by atoms with Gasteiger partial charge in [-0.05, 0) is 74.9 Å². The zero-order chi connectivity index (χ0) is 47.0. The first-order valence-electron chi connectivity index (χ1n) is 21.7. The van der Waals surface area contributed by atoms with Gasteiger partial charge < -0.3 is 50.2 Å². The Hall–Kier alpha value is -6.46. The Labute approximate surface area is 377 Å². The first kappa shape index (κ1) is 46.1. The third-order valence-electron chi connectivity index (χ3n) is 12.8. The average Bonchev–Trinajstić information content (AvgIpc) is 4.10. The van der Waals surface area contributed by atoms with Crippen LogP contribution in [0.1, 0.15) is 87.2 Å². The van der Waals surface area contributed by atoms with Crippen molar-refractivity contribution < 1.29 is 55.7 Å². The second kappa shape index (κ2) is 18.4. The van der Waals surface area contributed by atoms with E-state index in [4.69, 9.17) is 30.4 Å². The number of nitrogens with one attached hydrogen (secondary N) is 2. The van der Waals surface area contributed by atoms with Gasteiger partial charge in [-0.25, -0.2) is 37.1 Å². The summed E-state index contributed by atoms with van der Waals surface area (Å²) in [4.78, 5) is 68.6. The molecule has 0 radical (unpaired) electrons. The van der Waals surface area contributed by atoms with E-state index < -0.39 is 97.4 Å². The number of carbonyl (C=O) groups excluding carboxylic acids is 4. The number of likely N-dealkylation sites (tertiary alicyclic amines) is 2. The van der Waals surface area contributed by atoms with Crippen LogP contribution >= 0.6 is 0 Å².